The maximum Gasteiger partial charge on any atom is 0.338 e. The lowest BCUT2D eigenvalue weighted by Gasteiger charge is -2.57. The van der Waals surface area contributed by atoms with Crippen molar-refractivity contribution in [2.24, 2.45) is 40.4 Å². The van der Waals surface area contributed by atoms with E-state index in [1.165, 1.54) is 30.2 Å². The second-order valence-corrected chi connectivity index (χ2v) is 16.5. The monoisotopic (exact) mass is 726 g/mol. The van der Waals surface area contributed by atoms with Gasteiger partial charge in [-0.2, -0.15) is 0 Å². The van der Waals surface area contributed by atoms with Crippen LogP contribution in [-0.4, -0.2) is 47.4 Å². The van der Waals surface area contributed by atoms with Crippen molar-refractivity contribution in [1.82, 2.24) is 0 Å². The first-order chi connectivity index (χ1) is 25.0. The number of aliphatic carboxylic acids is 1. The SMILES string of the molecule is C=C(CC[C@@H](C)C1CC=C2C3=C(C(O)CC21C)C1(C)CCC(OC(=O)c2ccccc2)[C@H](C)C1CC3)C(C)C.CC(=O)O.COC(=O)c1ccccc1. The number of rotatable bonds is 8. The Balaban J connectivity index is 0.000000377. The first-order valence-corrected chi connectivity index (χ1v) is 19.4. The molecule has 1 fully saturated rings. The summed E-state index contributed by atoms with van der Waals surface area (Å²) in [6, 6.07) is 18.2. The van der Waals surface area contributed by atoms with Crippen molar-refractivity contribution in [2.45, 2.75) is 112 Å². The molecule has 6 unspecified atom stereocenters. The van der Waals surface area contributed by atoms with E-state index in [2.05, 4.69) is 58.9 Å². The first kappa shape index (κ1) is 41.8. The molecule has 2 N–H and O–H groups in total. The van der Waals surface area contributed by atoms with Crippen molar-refractivity contribution in [3.8, 4) is 0 Å². The fourth-order valence-electron chi connectivity index (χ4n) is 9.86. The van der Waals surface area contributed by atoms with Crippen molar-refractivity contribution in [3.05, 3.63) is 107 Å². The molecule has 7 nitrogen and oxygen atoms in total. The van der Waals surface area contributed by atoms with Crippen molar-refractivity contribution in [2.75, 3.05) is 7.11 Å². The number of aliphatic hydroxyl groups excluding tert-OH is 1. The molecule has 0 radical (unpaired) electrons. The van der Waals surface area contributed by atoms with Crippen LogP contribution in [0.3, 0.4) is 0 Å². The molecule has 7 heteroatoms. The van der Waals surface area contributed by atoms with Crippen LogP contribution in [0.4, 0.5) is 0 Å². The quantitative estimate of drug-likeness (QED) is 0.206. The standard InChI is InChI=1S/C36H50O3.C8H8O2.C2H4O2/c1-22(2)23(3)13-14-24(4)28-17-18-30-27-15-16-29-25(5)32(39-34(38)26-11-9-8-10-12-26)19-20-35(29,6)33(27)31(37)21-36(28,30)7;1-10-8(9)7-5-3-2-4-6-7;1-2(3)4/h8-12,18,22,24-25,28-29,31-32,37H,3,13-17,19-21H2,1-2,4-7H3;2-6H,1H3;1H3,(H,3,4)/t24-,25-,28?,29?,31?,32?,35?,36?;;/m1../s1. The molecule has 6 rings (SSSR count). The fraction of sp³-hybridized carbons (Fsp3) is 0.543. The van der Waals surface area contributed by atoms with Gasteiger partial charge in [0.25, 0.3) is 5.97 Å². The van der Waals surface area contributed by atoms with Gasteiger partial charge in [0.1, 0.15) is 6.10 Å². The third-order valence-corrected chi connectivity index (χ3v) is 12.8. The fourth-order valence-corrected chi connectivity index (χ4v) is 9.86. The third kappa shape index (κ3) is 9.40. The van der Waals surface area contributed by atoms with Crippen molar-refractivity contribution < 1.29 is 34.1 Å². The highest BCUT2D eigenvalue weighted by atomic mass is 16.5. The maximum absolute atomic E-state index is 12.9. The second-order valence-electron chi connectivity index (χ2n) is 16.5. The van der Waals surface area contributed by atoms with E-state index in [1.807, 2.05) is 36.4 Å². The van der Waals surface area contributed by atoms with Gasteiger partial charge in [0.2, 0.25) is 0 Å². The van der Waals surface area contributed by atoms with E-state index >= 15 is 0 Å². The maximum atomic E-state index is 12.9. The normalized spacial score (nSPS) is 29.0. The van der Waals surface area contributed by atoms with Crippen LogP contribution in [-0.2, 0) is 14.3 Å². The Hall–Kier alpha value is -3.97. The van der Waals surface area contributed by atoms with Crippen molar-refractivity contribution in [3.63, 3.8) is 0 Å². The zero-order valence-corrected chi connectivity index (χ0v) is 33.2. The summed E-state index contributed by atoms with van der Waals surface area (Å²) in [6.45, 7) is 19.4. The Morgan fingerprint density at radius 3 is 2.04 bits per heavy atom. The molecule has 2 aromatic rings. The predicted molar refractivity (Wildman–Crippen MR) is 210 cm³/mol. The summed E-state index contributed by atoms with van der Waals surface area (Å²) >= 11 is 0. The second kappa shape index (κ2) is 17.9. The Morgan fingerprint density at radius 1 is 0.925 bits per heavy atom. The molecule has 4 aliphatic carbocycles. The minimum atomic E-state index is -0.833. The van der Waals surface area contributed by atoms with E-state index in [0.29, 0.717) is 34.8 Å². The number of fused-ring (bicyclic) bond motifs is 4. The van der Waals surface area contributed by atoms with E-state index in [4.69, 9.17) is 14.6 Å². The Bertz CT molecular complexity index is 1650. The van der Waals surface area contributed by atoms with Gasteiger partial charge in [-0.3, -0.25) is 4.79 Å². The Labute approximate surface area is 317 Å². The van der Waals surface area contributed by atoms with Gasteiger partial charge in [-0.15, -0.1) is 0 Å². The smallest absolute Gasteiger partial charge is 0.338 e. The lowest BCUT2D eigenvalue weighted by Crippen LogP contribution is -2.52. The summed E-state index contributed by atoms with van der Waals surface area (Å²) in [4.78, 5) is 32.6. The van der Waals surface area contributed by atoms with Crippen LogP contribution in [0.2, 0.25) is 0 Å². The predicted octanol–water partition coefficient (Wildman–Crippen LogP) is 10.3. The third-order valence-electron chi connectivity index (χ3n) is 12.8. The Kier molecular flexibility index (Phi) is 14.1. The van der Waals surface area contributed by atoms with Crippen LogP contribution in [0, 0.1) is 40.4 Å². The van der Waals surface area contributed by atoms with Gasteiger partial charge in [-0.05, 0) is 133 Å². The van der Waals surface area contributed by atoms with E-state index in [-0.39, 0.29) is 40.9 Å². The lowest BCUT2D eigenvalue weighted by atomic mass is 9.49. The molecule has 0 spiro atoms. The van der Waals surface area contributed by atoms with Gasteiger partial charge in [0.15, 0.2) is 0 Å². The van der Waals surface area contributed by atoms with Gasteiger partial charge < -0.3 is 19.7 Å². The summed E-state index contributed by atoms with van der Waals surface area (Å²) in [6.07, 6.45) is 10.3. The number of hydrogen-bond donors (Lipinski definition) is 2. The zero-order chi connectivity index (χ0) is 39.1. The molecule has 2 aromatic carbocycles. The number of methoxy groups -OCH3 is 1. The number of carbonyl (C=O) groups is 3. The van der Waals surface area contributed by atoms with E-state index in [1.54, 1.807) is 29.8 Å². The number of benzene rings is 2. The van der Waals surface area contributed by atoms with Gasteiger partial charge in [0.05, 0.1) is 24.3 Å². The summed E-state index contributed by atoms with van der Waals surface area (Å²) < 4.78 is 10.6. The van der Waals surface area contributed by atoms with Crippen LogP contribution in [0.1, 0.15) is 121 Å². The van der Waals surface area contributed by atoms with Gasteiger partial charge in [-0.1, -0.05) is 96.2 Å². The average Bonchev–Trinajstić information content (AvgIpc) is 3.48. The lowest BCUT2D eigenvalue weighted by molar-refractivity contribution is -0.134. The molecule has 8 atom stereocenters. The van der Waals surface area contributed by atoms with Crippen molar-refractivity contribution >= 4 is 17.9 Å². The molecule has 53 heavy (non-hydrogen) atoms. The summed E-state index contributed by atoms with van der Waals surface area (Å²) in [5.41, 5.74) is 6.93. The number of aliphatic hydroxyl groups is 1. The Morgan fingerprint density at radius 2 is 1.49 bits per heavy atom. The minimum absolute atomic E-state index is 0.0387. The molecule has 0 saturated heterocycles. The number of carbonyl (C=O) groups excluding carboxylic acids is 2. The van der Waals surface area contributed by atoms with Crippen molar-refractivity contribution in [1.29, 1.82) is 0 Å². The molecule has 4 aliphatic rings. The van der Waals surface area contributed by atoms with E-state index in [0.717, 1.165) is 51.9 Å². The molecule has 0 bridgehead atoms. The number of hydrogen-bond acceptors (Lipinski definition) is 6. The van der Waals surface area contributed by atoms with Crippen LogP contribution < -0.4 is 0 Å². The minimum Gasteiger partial charge on any atom is -0.481 e. The molecule has 1 saturated carbocycles. The van der Waals surface area contributed by atoms with E-state index in [9.17, 15) is 14.7 Å². The highest BCUT2D eigenvalue weighted by Crippen LogP contribution is 2.65. The molecular formula is C46H62O7. The summed E-state index contributed by atoms with van der Waals surface area (Å²) in [5, 5.41) is 19.3. The average molecular weight is 727 g/mol. The highest BCUT2D eigenvalue weighted by Gasteiger charge is 2.57. The first-order valence-electron chi connectivity index (χ1n) is 19.4. The van der Waals surface area contributed by atoms with Crippen LogP contribution in [0.25, 0.3) is 0 Å². The van der Waals surface area contributed by atoms with Gasteiger partial charge in [-0.25, -0.2) is 9.59 Å². The van der Waals surface area contributed by atoms with Gasteiger partial charge >= 0.3 is 11.9 Å². The largest absolute Gasteiger partial charge is 0.481 e. The molecule has 288 valence electrons. The molecule has 0 aliphatic heterocycles. The van der Waals surface area contributed by atoms with Crippen LogP contribution in [0.5, 0.6) is 0 Å². The number of carboxylic acids is 1. The van der Waals surface area contributed by atoms with Gasteiger partial charge in [0, 0.05) is 6.92 Å². The van der Waals surface area contributed by atoms with E-state index < -0.39 is 5.97 Å². The number of allylic oxidation sites excluding steroid dienone is 4. The summed E-state index contributed by atoms with van der Waals surface area (Å²) in [5.74, 6) is 1.07. The summed E-state index contributed by atoms with van der Waals surface area (Å²) in [7, 11) is 1.37. The number of esters is 2. The molecule has 0 heterocycles. The molecular weight excluding hydrogens is 664 g/mol. The zero-order valence-electron chi connectivity index (χ0n) is 33.2. The number of ether oxygens (including phenoxy) is 2. The van der Waals surface area contributed by atoms with Crippen LogP contribution in [0.15, 0.2) is 95.6 Å². The topological polar surface area (TPSA) is 110 Å². The highest BCUT2D eigenvalue weighted by molar-refractivity contribution is 5.89. The number of carboxylic acid groups (broad SMARTS) is 1. The molecule has 0 aromatic heterocycles. The molecule has 0 amide bonds. The van der Waals surface area contributed by atoms with Crippen LogP contribution >= 0.6 is 0 Å².